The zero-order chi connectivity index (χ0) is 17.6. The molecule has 1 unspecified atom stereocenters. The van der Waals surface area contributed by atoms with E-state index in [4.69, 9.17) is 0 Å². The number of rotatable bonds is 2. The van der Waals surface area contributed by atoms with Crippen LogP contribution in [-0.2, 0) is 14.4 Å². The lowest BCUT2D eigenvalue weighted by Crippen LogP contribution is -2.56. The van der Waals surface area contributed by atoms with Gasteiger partial charge in [0.15, 0.2) is 0 Å². The van der Waals surface area contributed by atoms with Crippen molar-refractivity contribution in [1.82, 2.24) is 10.2 Å². The number of carbonyl (C=O) groups excluding carboxylic acids is 3. The van der Waals surface area contributed by atoms with Crippen LogP contribution >= 0.6 is 0 Å². The van der Waals surface area contributed by atoms with E-state index in [-0.39, 0.29) is 24.1 Å². The average Bonchev–Trinajstić information content (AvgIpc) is 2.50. The molecule has 0 saturated carbocycles. The van der Waals surface area contributed by atoms with Crippen LogP contribution in [0.3, 0.4) is 0 Å². The number of nitrogens with one attached hydrogen (secondary N) is 1. The van der Waals surface area contributed by atoms with Crippen LogP contribution in [0.2, 0.25) is 0 Å². The topological polar surface area (TPSA) is 66.5 Å². The Bertz CT molecular complexity index is 569. The van der Waals surface area contributed by atoms with Gasteiger partial charge in [-0.25, -0.2) is 0 Å². The molecule has 2 saturated heterocycles. The zero-order valence-electron chi connectivity index (χ0n) is 14.4. The lowest BCUT2D eigenvalue weighted by atomic mass is 9.90. The van der Waals surface area contributed by atoms with Gasteiger partial charge in [-0.05, 0) is 32.3 Å². The van der Waals surface area contributed by atoms with Gasteiger partial charge < -0.3 is 4.90 Å². The second-order valence-corrected chi connectivity index (χ2v) is 5.52. The van der Waals surface area contributed by atoms with Crippen LogP contribution < -0.4 is 5.32 Å². The van der Waals surface area contributed by atoms with Crippen molar-refractivity contribution in [2.75, 3.05) is 6.54 Å². The first-order chi connectivity index (χ1) is 11.0. The van der Waals surface area contributed by atoms with Crippen LogP contribution in [0, 0.1) is 0 Å². The smallest absolute Gasteiger partial charge is 0.254 e. The van der Waals surface area contributed by atoms with Crippen LogP contribution in [0.5, 0.6) is 0 Å². The summed E-state index contributed by atoms with van der Waals surface area (Å²) in [7, 11) is 0. The van der Waals surface area contributed by atoms with Crippen molar-refractivity contribution in [3.63, 3.8) is 0 Å². The molecule has 0 aromatic heterocycles. The first-order valence-corrected chi connectivity index (χ1v) is 8.09. The van der Waals surface area contributed by atoms with E-state index in [1.54, 1.807) is 11.0 Å². The number of imide groups is 1. The van der Waals surface area contributed by atoms with Gasteiger partial charge in [0, 0.05) is 18.5 Å². The number of hydrogen-bond donors (Lipinski definition) is 1. The van der Waals surface area contributed by atoms with Crippen molar-refractivity contribution < 1.29 is 14.4 Å². The van der Waals surface area contributed by atoms with Crippen molar-refractivity contribution in [2.45, 2.75) is 53.0 Å². The van der Waals surface area contributed by atoms with Gasteiger partial charge in [0.2, 0.25) is 11.8 Å². The Labute approximate surface area is 138 Å². The molecule has 1 N–H and O–H groups in total. The number of allylic oxidation sites excluding steroid dienone is 3. The van der Waals surface area contributed by atoms with Crippen molar-refractivity contribution in [1.29, 1.82) is 0 Å². The maximum absolute atomic E-state index is 12.7. The number of amides is 3. The molecular formula is C18H26N2O3. The summed E-state index contributed by atoms with van der Waals surface area (Å²) in [5.74, 6) is -0.775. The fourth-order valence-corrected chi connectivity index (χ4v) is 2.87. The van der Waals surface area contributed by atoms with E-state index in [1.807, 2.05) is 33.8 Å². The van der Waals surface area contributed by atoms with Crippen molar-refractivity contribution in [3.8, 4) is 0 Å². The number of piperidine rings is 2. The summed E-state index contributed by atoms with van der Waals surface area (Å²) in [5, 5.41) is 2.31. The lowest BCUT2D eigenvalue weighted by Gasteiger charge is -2.37. The number of hydrogen-bond acceptors (Lipinski definition) is 3. The highest BCUT2D eigenvalue weighted by molar-refractivity contribution is 6.05. The van der Waals surface area contributed by atoms with E-state index in [0.29, 0.717) is 25.0 Å². The Morgan fingerprint density at radius 1 is 1.22 bits per heavy atom. The molecule has 0 spiro atoms. The first-order valence-electron chi connectivity index (χ1n) is 8.09. The lowest BCUT2D eigenvalue weighted by molar-refractivity contribution is -0.144. The minimum Gasteiger partial charge on any atom is -0.326 e. The predicted molar refractivity (Wildman–Crippen MR) is 90.5 cm³/mol. The summed E-state index contributed by atoms with van der Waals surface area (Å²) in [5.41, 5.74) is 2.54. The highest BCUT2D eigenvalue weighted by atomic mass is 16.2. The van der Waals surface area contributed by atoms with E-state index < -0.39 is 6.04 Å². The van der Waals surface area contributed by atoms with E-state index in [2.05, 4.69) is 11.9 Å². The van der Waals surface area contributed by atoms with E-state index in [1.165, 1.54) is 0 Å². The van der Waals surface area contributed by atoms with Gasteiger partial charge in [-0.2, -0.15) is 0 Å². The van der Waals surface area contributed by atoms with Crippen LogP contribution in [0.25, 0.3) is 0 Å². The van der Waals surface area contributed by atoms with E-state index in [0.717, 1.165) is 11.1 Å². The van der Waals surface area contributed by atoms with E-state index in [9.17, 15) is 14.4 Å². The van der Waals surface area contributed by atoms with Gasteiger partial charge in [-0.3, -0.25) is 19.7 Å². The summed E-state index contributed by atoms with van der Waals surface area (Å²) < 4.78 is 0. The fourth-order valence-electron chi connectivity index (χ4n) is 2.87. The average molecular weight is 318 g/mol. The summed E-state index contributed by atoms with van der Waals surface area (Å²) >= 11 is 0. The maximum Gasteiger partial charge on any atom is 0.254 e. The monoisotopic (exact) mass is 318 g/mol. The molecule has 23 heavy (non-hydrogen) atoms. The molecule has 2 aliphatic heterocycles. The second kappa shape index (κ2) is 8.46. The van der Waals surface area contributed by atoms with Crippen molar-refractivity contribution >= 4 is 17.7 Å². The standard InChI is InChI=1S/C16H20N2O3.C2H6/c1-4-5-11-8-9-18(16(21)14(11)10(2)3)12-6-7-13(19)17-15(12)20;1-2/h4-5,12H,1,6-9H2,2-3H3,(H,17,19,20);1-2H3/b11-5-;. The fraction of sp³-hybridized carbons (Fsp3) is 0.500. The Morgan fingerprint density at radius 3 is 2.39 bits per heavy atom. The molecule has 2 fully saturated rings. The summed E-state index contributed by atoms with van der Waals surface area (Å²) in [6.07, 6.45) is 4.89. The number of carbonyl (C=O) groups is 3. The molecule has 5 nitrogen and oxygen atoms in total. The molecule has 5 heteroatoms. The third kappa shape index (κ3) is 4.18. The van der Waals surface area contributed by atoms with E-state index >= 15 is 0 Å². The van der Waals surface area contributed by atoms with Crippen LogP contribution in [0.4, 0.5) is 0 Å². The SMILES string of the molecule is C=C/C=C1/CCN(C2CCC(=O)NC2=O)C(=O)C1=C(C)C.CC. The van der Waals surface area contributed by atoms with Gasteiger partial charge in [0.1, 0.15) is 6.04 Å². The Morgan fingerprint density at radius 2 is 1.87 bits per heavy atom. The maximum atomic E-state index is 12.7. The van der Waals surface area contributed by atoms with Crippen molar-refractivity contribution in [3.05, 3.63) is 35.5 Å². The molecule has 1 atom stereocenters. The molecule has 0 aromatic rings. The van der Waals surface area contributed by atoms with Gasteiger partial charge in [0.25, 0.3) is 5.91 Å². The molecule has 2 aliphatic rings. The van der Waals surface area contributed by atoms with Crippen LogP contribution in [0.1, 0.15) is 47.0 Å². The Balaban J connectivity index is 0.00000127. The summed E-state index contributed by atoms with van der Waals surface area (Å²) in [4.78, 5) is 37.5. The summed E-state index contributed by atoms with van der Waals surface area (Å²) in [6.45, 7) is 11.9. The highest BCUT2D eigenvalue weighted by Gasteiger charge is 2.38. The highest BCUT2D eigenvalue weighted by Crippen LogP contribution is 2.29. The Kier molecular flexibility index (Phi) is 6.94. The largest absolute Gasteiger partial charge is 0.326 e. The summed E-state index contributed by atoms with van der Waals surface area (Å²) in [6, 6.07) is -0.546. The van der Waals surface area contributed by atoms with Crippen LogP contribution in [0.15, 0.2) is 35.5 Å². The molecule has 0 aromatic carbocycles. The molecule has 3 amide bonds. The number of nitrogens with zero attached hydrogens (tertiary/aromatic N) is 1. The quantitative estimate of drug-likeness (QED) is 0.628. The predicted octanol–water partition coefficient (Wildman–Crippen LogP) is 2.50. The van der Waals surface area contributed by atoms with Crippen molar-refractivity contribution in [2.24, 2.45) is 0 Å². The Hall–Kier alpha value is -2.17. The molecular weight excluding hydrogens is 292 g/mol. The minimum atomic E-state index is -0.546. The van der Waals surface area contributed by atoms with Gasteiger partial charge in [-0.15, -0.1) is 0 Å². The molecule has 126 valence electrons. The molecule has 2 heterocycles. The minimum absolute atomic E-state index is 0.135. The van der Waals surface area contributed by atoms with Gasteiger partial charge >= 0.3 is 0 Å². The molecule has 0 radical (unpaired) electrons. The third-order valence-electron chi connectivity index (χ3n) is 3.82. The zero-order valence-corrected chi connectivity index (χ0v) is 14.4. The second-order valence-electron chi connectivity index (χ2n) is 5.52. The normalized spacial score (nSPS) is 23.2. The molecule has 0 aliphatic carbocycles. The third-order valence-corrected chi connectivity index (χ3v) is 3.82. The van der Waals surface area contributed by atoms with Crippen LogP contribution in [-0.4, -0.2) is 35.2 Å². The molecule has 0 bridgehead atoms. The van der Waals surface area contributed by atoms with Gasteiger partial charge in [0.05, 0.1) is 0 Å². The molecule has 2 rings (SSSR count). The van der Waals surface area contributed by atoms with Gasteiger partial charge in [-0.1, -0.05) is 38.2 Å². The number of likely N-dealkylation sites (tertiary alicyclic amines) is 1. The first kappa shape index (κ1) is 18.9.